The van der Waals surface area contributed by atoms with Gasteiger partial charge in [0.15, 0.2) is 17.3 Å². The third-order valence-corrected chi connectivity index (χ3v) is 4.98. The number of aromatic nitrogens is 7. The molecule has 4 aromatic heterocycles. The molecule has 0 aliphatic rings. The first-order valence-corrected chi connectivity index (χ1v) is 10.2. The maximum atomic E-state index is 13.6. The second-order valence-electron chi connectivity index (χ2n) is 7.32. The minimum atomic E-state index is -4.68. The van der Waals surface area contributed by atoms with E-state index >= 15 is 0 Å². The van der Waals surface area contributed by atoms with Gasteiger partial charge in [0.05, 0.1) is 12.0 Å². The molecule has 0 atom stereocenters. The lowest BCUT2D eigenvalue weighted by atomic mass is 10.2. The average molecular weight is 476 g/mol. The summed E-state index contributed by atoms with van der Waals surface area (Å²) in [6, 6.07) is 13.6. The number of carbonyl (C=O) groups is 1. The van der Waals surface area contributed by atoms with Gasteiger partial charge < -0.3 is 9.88 Å². The molecule has 0 aliphatic heterocycles. The van der Waals surface area contributed by atoms with Gasteiger partial charge >= 0.3 is 6.18 Å². The number of hydrogen-bond acceptors (Lipinski definition) is 6. The molecule has 0 spiro atoms. The summed E-state index contributed by atoms with van der Waals surface area (Å²) in [5, 5.41) is 14.3. The van der Waals surface area contributed by atoms with E-state index in [0.717, 1.165) is 11.8 Å². The van der Waals surface area contributed by atoms with Gasteiger partial charge in [-0.05, 0) is 48.5 Å². The third-order valence-electron chi connectivity index (χ3n) is 4.98. The van der Waals surface area contributed by atoms with Crippen LogP contribution in [0.3, 0.4) is 0 Å². The van der Waals surface area contributed by atoms with Crippen LogP contribution in [0.4, 0.5) is 19.0 Å². The highest BCUT2D eigenvalue weighted by Gasteiger charge is 2.37. The fraction of sp³-hybridized carbons (Fsp3) is 0.0435. The van der Waals surface area contributed by atoms with Crippen molar-refractivity contribution in [3.05, 3.63) is 97.0 Å². The normalized spacial score (nSPS) is 11.4. The van der Waals surface area contributed by atoms with Crippen LogP contribution in [0.2, 0.25) is 0 Å². The quantitative estimate of drug-likeness (QED) is 0.408. The van der Waals surface area contributed by atoms with Crippen molar-refractivity contribution in [2.24, 2.45) is 0 Å². The molecule has 0 unspecified atom stereocenters. The van der Waals surface area contributed by atoms with Crippen molar-refractivity contribution in [3.8, 4) is 22.8 Å². The number of imidazole rings is 1. The smallest absolute Gasteiger partial charge is 0.306 e. The number of benzene rings is 1. The largest absolute Gasteiger partial charge is 0.433 e. The molecule has 9 nitrogen and oxygen atoms in total. The fourth-order valence-electron chi connectivity index (χ4n) is 3.33. The summed E-state index contributed by atoms with van der Waals surface area (Å²) in [6.07, 6.45) is 3.21. The summed E-state index contributed by atoms with van der Waals surface area (Å²) in [5.41, 5.74) is 0.585. The van der Waals surface area contributed by atoms with Gasteiger partial charge in [-0.1, -0.05) is 6.07 Å². The molecule has 4 heterocycles. The summed E-state index contributed by atoms with van der Waals surface area (Å²) >= 11 is 0. The van der Waals surface area contributed by atoms with E-state index in [1.165, 1.54) is 24.5 Å². The van der Waals surface area contributed by atoms with E-state index in [4.69, 9.17) is 0 Å². The lowest BCUT2D eigenvalue weighted by Gasteiger charge is -2.10. The predicted octanol–water partition coefficient (Wildman–Crippen LogP) is 4.18. The molecule has 1 aromatic carbocycles. The van der Waals surface area contributed by atoms with Crippen LogP contribution in [0, 0.1) is 0 Å². The molecular weight excluding hydrogens is 461 g/mol. The van der Waals surface area contributed by atoms with Crippen molar-refractivity contribution in [3.63, 3.8) is 0 Å². The van der Waals surface area contributed by atoms with Gasteiger partial charge in [0.1, 0.15) is 0 Å². The number of pyridine rings is 1. The Morgan fingerprint density at radius 3 is 2.51 bits per heavy atom. The SMILES string of the molecule is O=C(Nc1ccc(-n2nc(-c3cccnc3)cc2C(F)(F)F)nn1)c1cccc(-n2ccnc2)c1. The van der Waals surface area contributed by atoms with Crippen LogP contribution in [0.15, 0.2) is 85.7 Å². The van der Waals surface area contributed by atoms with E-state index in [1.807, 2.05) is 6.07 Å². The Morgan fingerprint density at radius 2 is 1.83 bits per heavy atom. The van der Waals surface area contributed by atoms with E-state index in [-0.39, 0.29) is 17.3 Å². The van der Waals surface area contributed by atoms with Crippen LogP contribution >= 0.6 is 0 Å². The topological polar surface area (TPSA) is 103 Å². The van der Waals surface area contributed by atoms with Crippen molar-refractivity contribution in [1.29, 1.82) is 0 Å². The molecule has 35 heavy (non-hydrogen) atoms. The van der Waals surface area contributed by atoms with Crippen LogP contribution in [-0.4, -0.2) is 40.4 Å². The van der Waals surface area contributed by atoms with Crippen LogP contribution in [0.5, 0.6) is 0 Å². The molecule has 0 bridgehead atoms. The molecule has 0 saturated carbocycles. The predicted molar refractivity (Wildman–Crippen MR) is 119 cm³/mol. The monoisotopic (exact) mass is 476 g/mol. The van der Waals surface area contributed by atoms with Gasteiger partial charge in [-0.3, -0.25) is 9.78 Å². The zero-order valence-electron chi connectivity index (χ0n) is 17.8. The first-order chi connectivity index (χ1) is 16.9. The highest BCUT2D eigenvalue weighted by Crippen LogP contribution is 2.33. The Bertz CT molecular complexity index is 1460. The molecule has 5 rings (SSSR count). The molecule has 0 aliphatic carbocycles. The van der Waals surface area contributed by atoms with E-state index in [0.29, 0.717) is 15.8 Å². The number of anilines is 1. The molecule has 0 fully saturated rings. The van der Waals surface area contributed by atoms with Crippen molar-refractivity contribution in [2.45, 2.75) is 6.18 Å². The number of halogens is 3. The molecule has 174 valence electrons. The molecule has 5 aromatic rings. The molecule has 0 radical (unpaired) electrons. The van der Waals surface area contributed by atoms with Gasteiger partial charge in [0.25, 0.3) is 5.91 Å². The molecule has 0 saturated heterocycles. The highest BCUT2D eigenvalue weighted by atomic mass is 19.4. The number of nitrogens with one attached hydrogen (secondary N) is 1. The Labute approximate surface area is 195 Å². The summed E-state index contributed by atoms with van der Waals surface area (Å²) in [7, 11) is 0. The fourth-order valence-corrected chi connectivity index (χ4v) is 3.33. The van der Waals surface area contributed by atoms with Crippen LogP contribution in [-0.2, 0) is 6.18 Å². The van der Waals surface area contributed by atoms with Gasteiger partial charge in [-0.25, -0.2) is 9.67 Å². The van der Waals surface area contributed by atoms with Crippen LogP contribution in [0.25, 0.3) is 22.8 Å². The lowest BCUT2D eigenvalue weighted by molar-refractivity contribution is -0.142. The minimum absolute atomic E-state index is 0.0694. The minimum Gasteiger partial charge on any atom is -0.306 e. The summed E-state index contributed by atoms with van der Waals surface area (Å²) in [4.78, 5) is 20.6. The Morgan fingerprint density at radius 1 is 0.943 bits per heavy atom. The molecular formula is C23H15F3N8O. The molecule has 12 heteroatoms. The summed E-state index contributed by atoms with van der Waals surface area (Å²) in [6.45, 7) is 0. The summed E-state index contributed by atoms with van der Waals surface area (Å²) < 4.78 is 43.4. The standard InChI is InChI=1S/C23H15F3N8O/c24-23(25,26)19-12-18(16-4-2-8-27-13-16)32-34(19)21-7-6-20(30-31-21)29-22(35)15-3-1-5-17(11-15)33-10-9-28-14-33/h1-14H,(H,29,30,35). The van der Waals surface area contributed by atoms with Gasteiger partial charge in [0, 0.05) is 41.6 Å². The first-order valence-electron chi connectivity index (χ1n) is 10.2. The van der Waals surface area contributed by atoms with Crippen LogP contribution in [0.1, 0.15) is 16.1 Å². The number of amides is 1. The molecule has 1 amide bonds. The van der Waals surface area contributed by atoms with E-state index in [2.05, 4.69) is 30.6 Å². The van der Waals surface area contributed by atoms with Crippen molar-refractivity contribution in [2.75, 3.05) is 5.32 Å². The van der Waals surface area contributed by atoms with Crippen molar-refractivity contribution >= 4 is 11.7 Å². The number of rotatable bonds is 5. The Kier molecular flexibility index (Phi) is 5.53. The zero-order valence-corrected chi connectivity index (χ0v) is 17.8. The maximum absolute atomic E-state index is 13.6. The molecule has 1 N–H and O–H groups in total. The van der Waals surface area contributed by atoms with Crippen molar-refractivity contribution in [1.82, 2.24) is 34.5 Å². The zero-order chi connectivity index (χ0) is 24.4. The van der Waals surface area contributed by atoms with E-state index < -0.39 is 17.8 Å². The number of hydrogen-bond donors (Lipinski definition) is 1. The first kappa shape index (κ1) is 21.9. The highest BCUT2D eigenvalue weighted by molar-refractivity contribution is 6.04. The third kappa shape index (κ3) is 4.62. The van der Waals surface area contributed by atoms with Gasteiger partial charge in [-0.15, -0.1) is 10.2 Å². The van der Waals surface area contributed by atoms with Crippen molar-refractivity contribution < 1.29 is 18.0 Å². The van der Waals surface area contributed by atoms with E-state index in [9.17, 15) is 18.0 Å². The number of carbonyl (C=O) groups excluding carboxylic acids is 1. The number of alkyl halides is 3. The summed E-state index contributed by atoms with van der Waals surface area (Å²) in [5.74, 6) is -0.546. The maximum Gasteiger partial charge on any atom is 0.433 e. The second-order valence-corrected chi connectivity index (χ2v) is 7.32. The van der Waals surface area contributed by atoms with E-state index in [1.54, 1.807) is 53.6 Å². The van der Waals surface area contributed by atoms with Crippen LogP contribution < -0.4 is 5.32 Å². The lowest BCUT2D eigenvalue weighted by Crippen LogP contribution is -2.16. The van der Waals surface area contributed by atoms with Gasteiger partial charge in [0.2, 0.25) is 0 Å². The Hall–Kier alpha value is -4.87. The number of nitrogens with zero attached hydrogens (tertiary/aromatic N) is 7. The Balaban J connectivity index is 1.39. The second kappa shape index (κ2) is 8.82. The average Bonchev–Trinajstić information content (AvgIpc) is 3.56. The van der Waals surface area contributed by atoms with Gasteiger partial charge in [-0.2, -0.15) is 18.3 Å².